The van der Waals surface area contributed by atoms with Crippen LogP contribution in [-0.4, -0.2) is 26.3 Å². The van der Waals surface area contributed by atoms with Crippen LogP contribution >= 0.6 is 23.4 Å². The van der Waals surface area contributed by atoms with E-state index < -0.39 is 0 Å². The molecule has 5 nitrogen and oxygen atoms in total. The summed E-state index contributed by atoms with van der Waals surface area (Å²) in [5.41, 5.74) is 1.96. The van der Waals surface area contributed by atoms with Crippen molar-refractivity contribution in [1.82, 2.24) is 20.5 Å². The van der Waals surface area contributed by atoms with Gasteiger partial charge < -0.3 is 5.32 Å². The summed E-state index contributed by atoms with van der Waals surface area (Å²) in [7, 11) is 0. The van der Waals surface area contributed by atoms with E-state index in [1.165, 1.54) is 11.8 Å². The molecule has 7 heteroatoms. The minimum atomic E-state index is -0.310. The maximum absolute atomic E-state index is 12.4. The molecule has 2 aromatic carbocycles. The standard InChI is InChI=1S/C19H19ClN4OS/c1-12(14-6-4-3-5-7-14)21-18(25)13(2)26-19-22-17(23-24-19)15-8-10-16(20)11-9-15/h3-13H,1-2H3,(H,21,25)(H,22,23,24). The predicted octanol–water partition coefficient (Wildman–Crippen LogP) is 4.48. The highest BCUT2D eigenvalue weighted by Crippen LogP contribution is 2.24. The summed E-state index contributed by atoms with van der Waals surface area (Å²) < 4.78 is 0. The third-order valence-corrected chi connectivity index (χ3v) is 5.11. The first-order chi connectivity index (χ1) is 12.5. The number of carbonyl (C=O) groups excluding carboxylic acids is 1. The quantitative estimate of drug-likeness (QED) is 0.612. The van der Waals surface area contributed by atoms with E-state index in [9.17, 15) is 4.79 Å². The lowest BCUT2D eigenvalue weighted by Crippen LogP contribution is -2.33. The molecular weight excluding hydrogens is 368 g/mol. The number of benzene rings is 2. The van der Waals surface area contributed by atoms with Crippen LogP contribution < -0.4 is 5.32 Å². The van der Waals surface area contributed by atoms with E-state index in [1.54, 1.807) is 12.1 Å². The lowest BCUT2D eigenvalue weighted by molar-refractivity contribution is -0.120. The fourth-order valence-electron chi connectivity index (χ4n) is 2.40. The number of aromatic nitrogens is 3. The number of carbonyl (C=O) groups is 1. The van der Waals surface area contributed by atoms with Gasteiger partial charge in [0.15, 0.2) is 5.82 Å². The number of aromatic amines is 1. The van der Waals surface area contributed by atoms with Gasteiger partial charge in [-0.2, -0.15) is 0 Å². The summed E-state index contributed by atoms with van der Waals surface area (Å²) in [5, 5.41) is 11.0. The van der Waals surface area contributed by atoms with E-state index in [0.717, 1.165) is 11.1 Å². The molecule has 0 saturated heterocycles. The van der Waals surface area contributed by atoms with E-state index >= 15 is 0 Å². The average molecular weight is 387 g/mol. The van der Waals surface area contributed by atoms with Crippen LogP contribution in [0, 0.1) is 0 Å². The highest BCUT2D eigenvalue weighted by molar-refractivity contribution is 8.00. The van der Waals surface area contributed by atoms with Gasteiger partial charge in [-0.1, -0.05) is 53.7 Å². The van der Waals surface area contributed by atoms with Gasteiger partial charge in [0.1, 0.15) is 0 Å². The molecule has 26 heavy (non-hydrogen) atoms. The normalized spacial score (nSPS) is 13.2. The van der Waals surface area contributed by atoms with Gasteiger partial charge in [-0.3, -0.25) is 9.89 Å². The molecule has 1 heterocycles. The predicted molar refractivity (Wildman–Crippen MR) is 105 cm³/mol. The summed E-state index contributed by atoms with van der Waals surface area (Å²) in [6, 6.07) is 17.2. The third kappa shape index (κ3) is 4.65. The van der Waals surface area contributed by atoms with Gasteiger partial charge in [0.25, 0.3) is 0 Å². The molecule has 0 bridgehead atoms. The largest absolute Gasteiger partial charge is 0.349 e. The van der Waals surface area contributed by atoms with Crippen molar-refractivity contribution in [3.05, 3.63) is 65.2 Å². The van der Waals surface area contributed by atoms with Crippen LogP contribution in [0.3, 0.4) is 0 Å². The van der Waals surface area contributed by atoms with Crippen LogP contribution in [0.15, 0.2) is 59.8 Å². The molecular formula is C19H19ClN4OS. The molecule has 2 N–H and O–H groups in total. The zero-order valence-electron chi connectivity index (χ0n) is 14.4. The molecule has 3 aromatic rings. The van der Waals surface area contributed by atoms with Crippen LogP contribution in [0.25, 0.3) is 11.4 Å². The molecule has 0 saturated carbocycles. The summed E-state index contributed by atoms with van der Waals surface area (Å²) in [6.07, 6.45) is 0. The maximum Gasteiger partial charge on any atom is 0.233 e. The Morgan fingerprint density at radius 3 is 2.50 bits per heavy atom. The number of halogens is 1. The van der Waals surface area contributed by atoms with E-state index in [4.69, 9.17) is 11.6 Å². The van der Waals surface area contributed by atoms with Crippen LogP contribution in [0.2, 0.25) is 5.02 Å². The molecule has 1 amide bonds. The Kier molecular flexibility index (Phi) is 5.96. The first-order valence-electron chi connectivity index (χ1n) is 8.23. The third-order valence-electron chi connectivity index (χ3n) is 3.89. The fraction of sp³-hybridized carbons (Fsp3) is 0.211. The Labute approximate surface area is 161 Å². The van der Waals surface area contributed by atoms with E-state index in [0.29, 0.717) is 16.0 Å². The molecule has 134 valence electrons. The van der Waals surface area contributed by atoms with Crippen molar-refractivity contribution >= 4 is 29.3 Å². The molecule has 0 aliphatic rings. The van der Waals surface area contributed by atoms with Crippen LogP contribution in [-0.2, 0) is 4.79 Å². The van der Waals surface area contributed by atoms with Crippen molar-refractivity contribution in [2.24, 2.45) is 0 Å². The number of amides is 1. The van der Waals surface area contributed by atoms with Crippen LogP contribution in [0.1, 0.15) is 25.5 Å². The average Bonchev–Trinajstić information content (AvgIpc) is 3.11. The number of hydrogen-bond donors (Lipinski definition) is 2. The second kappa shape index (κ2) is 8.38. The first-order valence-corrected chi connectivity index (χ1v) is 9.49. The summed E-state index contributed by atoms with van der Waals surface area (Å²) in [4.78, 5) is 16.9. The van der Waals surface area contributed by atoms with Crippen molar-refractivity contribution in [3.63, 3.8) is 0 Å². The Bertz CT molecular complexity index is 867. The Morgan fingerprint density at radius 2 is 1.81 bits per heavy atom. The lowest BCUT2D eigenvalue weighted by atomic mass is 10.1. The first kappa shape index (κ1) is 18.5. The molecule has 2 atom stereocenters. The monoisotopic (exact) mass is 386 g/mol. The van der Waals surface area contributed by atoms with E-state index in [-0.39, 0.29) is 17.2 Å². The van der Waals surface area contributed by atoms with Crippen molar-refractivity contribution in [1.29, 1.82) is 0 Å². The van der Waals surface area contributed by atoms with E-state index in [2.05, 4.69) is 20.5 Å². The molecule has 0 spiro atoms. The number of nitrogens with zero attached hydrogens (tertiary/aromatic N) is 2. The van der Waals surface area contributed by atoms with Gasteiger partial charge in [-0.25, -0.2) is 4.98 Å². The SMILES string of the molecule is CC(Sc1n[nH]c(-c2ccc(Cl)cc2)n1)C(=O)NC(C)c1ccccc1. The fourth-order valence-corrected chi connectivity index (χ4v) is 3.26. The topological polar surface area (TPSA) is 70.7 Å². The summed E-state index contributed by atoms with van der Waals surface area (Å²) in [5.74, 6) is 0.596. The summed E-state index contributed by atoms with van der Waals surface area (Å²) >= 11 is 7.21. The van der Waals surface area contributed by atoms with Gasteiger partial charge in [-0.05, 0) is 43.7 Å². The lowest BCUT2D eigenvalue weighted by Gasteiger charge is -2.16. The van der Waals surface area contributed by atoms with Crippen LogP contribution in [0.4, 0.5) is 0 Å². The van der Waals surface area contributed by atoms with Crippen molar-refractivity contribution in [2.45, 2.75) is 30.3 Å². The molecule has 3 rings (SSSR count). The number of H-pyrrole nitrogens is 1. The highest BCUT2D eigenvalue weighted by Gasteiger charge is 2.19. The zero-order valence-corrected chi connectivity index (χ0v) is 16.0. The van der Waals surface area contributed by atoms with Gasteiger partial charge in [0.05, 0.1) is 11.3 Å². The maximum atomic E-state index is 12.4. The molecule has 0 radical (unpaired) electrons. The van der Waals surface area contributed by atoms with Gasteiger partial charge in [0.2, 0.25) is 11.1 Å². The van der Waals surface area contributed by atoms with Crippen molar-refractivity contribution in [3.8, 4) is 11.4 Å². The van der Waals surface area contributed by atoms with Gasteiger partial charge in [-0.15, -0.1) is 5.10 Å². The summed E-state index contributed by atoms with van der Waals surface area (Å²) in [6.45, 7) is 3.81. The van der Waals surface area contributed by atoms with Crippen LogP contribution in [0.5, 0.6) is 0 Å². The molecule has 0 aliphatic heterocycles. The second-order valence-electron chi connectivity index (χ2n) is 5.87. The Balaban J connectivity index is 1.60. The Hall–Kier alpha value is -2.31. The van der Waals surface area contributed by atoms with Crippen molar-refractivity contribution in [2.75, 3.05) is 0 Å². The minimum absolute atomic E-state index is 0.0517. The number of thioether (sulfide) groups is 1. The molecule has 2 unspecified atom stereocenters. The van der Waals surface area contributed by atoms with Gasteiger partial charge in [0, 0.05) is 10.6 Å². The zero-order chi connectivity index (χ0) is 18.5. The number of rotatable bonds is 6. The number of hydrogen-bond acceptors (Lipinski definition) is 4. The minimum Gasteiger partial charge on any atom is -0.349 e. The molecule has 0 aliphatic carbocycles. The number of nitrogens with one attached hydrogen (secondary N) is 2. The Morgan fingerprint density at radius 1 is 1.12 bits per heavy atom. The van der Waals surface area contributed by atoms with Crippen molar-refractivity contribution < 1.29 is 4.79 Å². The van der Waals surface area contributed by atoms with Gasteiger partial charge >= 0.3 is 0 Å². The second-order valence-corrected chi connectivity index (χ2v) is 7.62. The smallest absolute Gasteiger partial charge is 0.233 e. The highest BCUT2D eigenvalue weighted by atomic mass is 35.5. The molecule has 1 aromatic heterocycles. The van der Waals surface area contributed by atoms with E-state index in [1.807, 2.05) is 56.3 Å². The molecule has 0 fully saturated rings.